The van der Waals surface area contributed by atoms with E-state index in [1.54, 1.807) is 0 Å². The van der Waals surface area contributed by atoms with E-state index in [-0.39, 0.29) is 5.02 Å². The zero-order valence-electron chi connectivity index (χ0n) is 12.2. The fourth-order valence-corrected chi connectivity index (χ4v) is 2.61. The first-order valence-corrected chi connectivity index (χ1v) is 7.45. The monoisotopic (exact) mass is 326 g/mol. The number of imidazole rings is 1. The fraction of sp³-hybridized carbons (Fsp3) is 0.0588. The van der Waals surface area contributed by atoms with E-state index in [9.17, 15) is 4.39 Å². The van der Waals surface area contributed by atoms with Gasteiger partial charge in [0, 0.05) is 11.6 Å². The van der Waals surface area contributed by atoms with Crippen molar-refractivity contribution in [2.75, 3.05) is 0 Å². The van der Waals surface area contributed by atoms with Gasteiger partial charge in [-0.2, -0.15) is 5.10 Å². The third kappa shape index (κ3) is 2.49. The smallest absolute Gasteiger partial charge is 0.156 e. The molecular formula is C17H12ClFN4. The number of nitrogens with one attached hydrogen (secondary N) is 2. The number of halogens is 2. The Hall–Kier alpha value is -2.66. The average molecular weight is 327 g/mol. The molecule has 0 spiro atoms. The van der Waals surface area contributed by atoms with Crippen molar-refractivity contribution in [3.63, 3.8) is 0 Å². The van der Waals surface area contributed by atoms with Crippen LogP contribution in [0.25, 0.3) is 33.8 Å². The van der Waals surface area contributed by atoms with Crippen molar-refractivity contribution in [1.29, 1.82) is 0 Å². The molecule has 4 nitrogen and oxygen atoms in total. The predicted molar refractivity (Wildman–Crippen MR) is 88.8 cm³/mol. The van der Waals surface area contributed by atoms with E-state index in [2.05, 4.69) is 20.2 Å². The third-order valence-corrected chi connectivity index (χ3v) is 3.99. The molecule has 4 aromatic rings. The van der Waals surface area contributed by atoms with E-state index < -0.39 is 5.82 Å². The highest BCUT2D eigenvalue weighted by Crippen LogP contribution is 2.26. The summed E-state index contributed by atoms with van der Waals surface area (Å²) in [6.07, 6.45) is 0. The molecule has 2 aromatic carbocycles. The predicted octanol–water partition coefficient (Wildman–Crippen LogP) is 4.72. The van der Waals surface area contributed by atoms with Crippen molar-refractivity contribution in [1.82, 2.24) is 20.2 Å². The Morgan fingerprint density at radius 2 is 1.87 bits per heavy atom. The minimum Gasteiger partial charge on any atom is -0.337 e. The maximum atomic E-state index is 13.5. The lowest BCUT2D eigenvalue weighted by atomic mass is 10.1. The maximum absolute atomic E-state index is 13.5. The molecule has 0 saturated carbocycles. The summed E-state index contributed by atoms with van der Waals surface area (Å²) >= 11 is 5.79. The molecule has 114 valence electrons. The van der Waals surface area contributed by atoms with Gasteiger partial charge in [-0.05, 0) is 19.1 Å². The van der Waals surface area contributed by atoms with E-state index >= 15 is 0 Å². The van der Waals surface area contributed by atoms with Crippen molar-refractivity contribution in [2.45, 2.75) is 6.92 Å². The summed E-state index contributed by atoms with van der Waals surface area (Å²) in [4.78, 5) is 7.50. The van der Waals surface area contributed by atoms with Gasteiger partial charge in [0.25, 0.3) is 0 Å². The van der Waals surface area contributed by atoms with Crippen LogP contribution in [0.4, 0.5) is 4.39 Å². The summed E-state index contributed by atoms with van der Waals surface area (Å²) in [5.41, 5.74) is 4.97. The quantitative estimate of drug-likeness (QED) is 0.560. The van der Waals surface area contributed by atoms with Gasteiger partial charge in [-0.1, -0.05) is 41.4 Å². The standard InChI is InChI=1S/C17H12ClFN4/c1-9-2-4-10(5-3-9)13-8-16(23-22-13)17-20-14-6-11(18)12(19)7-15(14)21-17/h2-8H,1H3,(H,20,21)(H,22,23). The summed E-state index contributed by atoms with van der Waals surface area (Å²) < 4.78 is 13.5. The van der Waals surface area contributed by atoms with Gasteiger partial charge >= 0.3 is 0 Å². The molecule has 0 amide bonds. The minimum absolute atomic E-state index is 0.0560. The molecule has 0 atom stereocenters. The number of benzene rings is 2. The van der Waals surface area contributed by atoms with Crippen LogP contribution < -0.4 is 0 Å². The van der Waals surface area contributed by atoms with Gasteiger partial charge in [0.2, 0.25) is 0 Å². The summed E-state index contributed by atoms with van der Waals surface area (Å²) in [7, 11) is 0. The van der Waals surface area contributed by atoms with Gasteiger partial charge in [-0.25, -0.2) is 9.37 Å². The molecule has 0 aliphatic carbocycles. The van der Waals surface area contributed by atoms with Gasteiger partial charge in [-0.15, -0.1) is 0 Å². The molecule has 0 bridgehead atoms. The Morgan fingerprint density at radius 3 is 2.65 bits per heavy atom. The topological polar surface area (TPSA) is 57.4 Å². The number of aromatic nitrogens is 4. The zero-order chi connectivity index (χ0) is 16.0. The van der Waals surface area contributed by atoms with Crippen LogP contribution in [0.15, 0.2) is 42.5 Å². The van der Waals surface area contributed by atoms with Gasteiger partial charge < -0.3 is 4.98 Å². The van der Waals surface area contributed by atoms with E-state index in [0.29, 0.717) is 16.9 Å². The van der Waals surface area contributed by atoms with E-state index in [0.717, 1.165) is 17.0 Å². The van der Waals surface area contributed by atoms with Crippen LogP contribution in [0.3, 0.4) is 0 Å². The first kappa shape index (κ1) is 14.0. The molecule has 6 heteroatoms. The maximum Gasteiger partial charge on any atom is 0.156 e. The molecule has 0 unspecified atom stereocenters. The average Bonchev–Trinajstić information content (AvgIpc) is 3.15. The molecule has 2 aromatic heterocycles. The summed E-state index contributed by atoms with van der Waals surface area (Å²) in [5.74, 6) is 0.117. The van der Waals surface area contributed by atoms with E-state index in [1.807, 2.05) is 37.3 Å². The summed E-state index contributed by atoms with van der Waals surface area (Å²) in [5, 5.41) is 7.32. The zero-order valence-corrected chi connectivity index (χ0v) is 12.9. The lowest BCUT2D eigenvalue weighted by molar-refractivity contribution is 0.630. The van der Waals surface area contributed by atoms with Gasteiger partial charge in [0.15, 0.2) is 5.82 Å². The van der Waals surface area contributed by atoms with E-state index in [4.69, 9.17) is 11.6 Å². The second-order valence-corrected chi connectivity index (χ2v) is 5.81. The Kier molecular flexibility index (Phi) is 3.16. The van der Waals surface area contributed by atoms with Crippen LogP contribution in [-0.2, 0) is 0 Å². The molecule has 2 heterocycles. The lowest BCUT2D eigenvalue weighted by Crippen LogP contribution is -1.79. The fourth-order valence-electron chi connectivity index (χ4n) is 2.45. The molecule has 0 fully saturated rings. The van der Waals surface area contributed by atoms with Crippen molar-refractivity contribution >= 4 is 22.6 Å². The van der Waals surface area contributed by atoms with Crippen LogP contribution in [0.1, 0.15) is 5.56 Å². The normalized spacial score (nSPS) is 11.3. The Morgan fingerprint density at radius 1 is 1.09 bits per heavy atom. The Bertz CT molecular complexity index is 962. The highest BCUT2D eigenvalue weighted by Gasteiger charge is 2.12. The van der Waals surface area contributed by atoms with Gasteiger partial charge in [-0.3, -0.25) is 5.10 Å². The summed E-state index contributed by atoms with van der Waals surface area (Å²) in [6, 6.07) is 12.9. The molecule has 2 N–H and O–H groups in total. The molecule has 0 radical (unpaired) electrons. The minimum atomic E-state index is -0.473. The number of hydrogen-bond acceptors (Lipinski definition) is 2. The van der Waals surface area contributed by atoms with Crippen LogP contribution in [0, 0.1) is 12.7 Å². The highest BCUT2D eigenvalue weighted by atomic mass is 35.5. The molecule has 0 aliphatic rings. The van der Waals surface area contributed by atoms with Gasteiger partial charge in [0.05, 0.1) is 21.7 Å². The third-order valence-electron chi connectivity index (χ3n) is 3.70. The number of rotatable bonds is 2. The van der Waals surface area contributed by atoms with Crippen molar-refractivity contribution in [3.8, 4) is 22.8 Å². The number of hydrogen-bond donors (Lipinski definition) is 2. The van der Waals surface area contributed by atoms with E-state index in [1.165, 1.54) is 17.7 Å². The van der Waals surface area contributed by atoms with Crippen molar-refractivity contribution in [3.05, 3.63) is 58.9 Å². The van der Waals surface area contributed by atoms with Crippen LogP contribution in [0.5, 0.6) is 0 Å². The first-order chi connectivity index (χ1) is 11.1. The number of fused-ring (bicyclic) bond motifs is 1. The number of aryl methyl sites for hydroxylation is 1. The second-order valence-electron chi connectivity index (χ2n) is 5.40. The largest absolute Gasteiger partial charge is 0.337 e. The molecule has 23 heavy (non-hydrogen) atoms. The Labute approximate surface area is 136 Å². The van der Waals surface area contributed by atoms with Crippen LogP contribution >= 0.6 is 11.6 Å². The lowest BCUT2D eigenvalue weighted by Gasteiger charge is -1.96. The van der Waals surface area contributed by atoms with Crippen molar-refractivity contribution in [2.24, 2.45) is 0 Å². The SMILES string of the molecule is Cc1ccc(-c2cc(-c3nc4cc(Cl)c(F)cc4[nH]3)[nH]n2)cc1. The van der Waals surface area contributed by atoms with Crippen LogP contribution in [0.2, 0.25) is 5.02 Å². The first-order valence-electron chi connectivity index (χ1n) is 7.08. The van der Waals surface area contributed by atoms with Gasteiger partial charge in [0.1, 0.15) is 11.5 Å². The molecule has 0 saturated heterocycles. The van der Waals surface area contributed by atoms with Crippen LogP contribution in [-0.4, -0.2) is 20.2 Å². The van der Waals surface area contributed by atoms with Crippen molar-refractivity contribution < 1.29 is 4.39 Å². The summed E-state index contributed by atoms with van der Waals surface area (Å²) in [6.45, 7) is 2.04. The number of aromatic amines is 2. The highest BCUT2D eigenvalue weighted by molar-refractivity contribution is 6.31. The molecule has 0 aliphatic heterocycles. The Balaban J connectivity index is 1.75. The number of H-pyrrole nitrogens is 2. The second kappa shape index (κ2) is 5.21. The molecule has 4 rings (SSSR count). The number of nitrogens with zero attached hydrogens (tertiary/aromatic N) is 2. The molecular weight excluding hydrogens is 315 g/mol.